The molecule has 0 amide bonds. The molecule has 5 nitrogen and oxygen atoms in total. The lowest BCUT2D eigenvalue weighted by Crippen LogP contribution is -2.24. The maximum atomic E-state index is 13.3. The maximum Gasteiger partial charge on any atom is 0.150 e. The summed E-state index contributed by atoms with van der Waals surface area (Å²) in [5.41, 5.74) is 4.16. The number of halogens is 1. The van der Waals surface area contributed by atoms with Crippen molar-refractivity contribution in [3.63, 3.8) is 0 Å². The molecule has 0 spiro atoms. The van der Waals surface area contributed by atoms with E-state index in [9.17, 15) is 4.39 Å². The van der Waals surface area contributed by atoms with Crippen LogP contribution in [-0.4, -0.2) is 16.5 Å². The first-order valence-corrected chi connectivity index (χ1v) is 6.44. The molecule has 6 heteroatoms. The summed E-state index contributed by atoms with van der Waals surface area (Å²) < 4.78 is 13.3. The number of benzene rings is 1. The summed E-state index contributed by atoms with van der Waals surface area (Å²) in [6, 6.07) is 8.25. The minimum absolute atomic E-state index is 0.254. The van der Waals surface area contributed by atoms with Gasteiger partial charge in [-0.2, -0.15) is 0 Å². The Morgan fingerprint density at radius 1 is 1.30 bits per heavy atom. The molecule has 0 aliphatic rings. The quantitative estimate of drug-likeness (QED) is 0.647. The number of aromatic nitrogens is 2. The first-order valence-electron chi connectivity index (χ1n) is 6.44. The summed E-state index contributed by atoms with van der Waals surface area (Å²) in [5.74, 6) is 6.34. The normalized spacial score (nSPS) is 10.4. The number of hydrogen-bond acceptors (Lipinski definition) is 5. The van der Waals surface area contributed by atoms with Gasteiger partial charge in [-0.05, 0) is 32.0 Å². The van der Waals surface area contributed by atoms with Crippen molar-refractivity contribution >= 4 is 11.5 Å². The largest absolute Gasteiger partial charge is 0.364 e. The third kappa shape index (κ3) is 3.42. The molecule has 2 rings (SSSR count). The number of nitrogen functional groups attached to an aromatic ring is 1. The number of anilines is 2. The van der Waals surface area contributed by atoms with E-state index in [2.05, 4.69) is 15.4 Å². The minimum Gasteiger partial charge on any atom is -0.364 e. The van der Waals surface area contributed by atoms with Gasteiger partial charge in [0.2, 0.25) is 0 Å². The Morgan fingerprint density at radius 2 is 2.10 bits per heavy atom. The van der Waals surface area contributed by atoms with E-state index in [0.717, 1.165) is 17.9 Å². The molecule has 1 aromatic carbocycles. The van der Waals surface area contributed by atoms with Gasteiger partial charge in [0.15, 0.2) is 0 Å². The Balaban J connectivity index is 2.24. The second kappa shape index (κ2) is 6.29. The monoisotopic (exact) mass is 275 g/mol. The molecule has 106 valence electrons. The van der Waals surface area contributed by atoms with Gasteiger partial charge in [0, 0.05) is 24.0 Å². The van der Waals surface area contributed by atoms with Crippen molar-refractivity contribution in [1.82, 2.24) is 9.97 Å². The average molecular weight is 275 g/mol. The SMILES string of the molecule is CCN(Cc1nc(C)cc(NN)n1)c1cccc(F)c1. The van der Waals surface area contributed by atoms with Gasteiger partial charge in [-0.1, -0.05) is 6.07 Å². The van der Waals surface area contributed by atoms with Crippen molar-refractivity contribution in [1.29, 1.82) is 0 Å². The van der Waals surface area contributed by atoms with Gasteiger partial charge in [0.05, 0.1) is 6.54 Å². The molecule has 3 N–H and O–H groups in total. The van der Waals surface area contributed by atoms with Crippen molar-refractivity contribution in [2.45, 2.75) is 20.4 Å². The van der Waals surface area contributed by atoms with E-state index in [1.54, 1.807) is 12.1 Å². The topological polar surface area (TPSA) is 67.1 Å². The van der Waals surface area contributed by atoms with Crippen LogP contribution in [0.3, 0.4) is 0 Å². The predicted molar refractivity (Wildman–Crippen MR) is 77.7 cm³/mol. The number of hydrogen-bond donors (Lipinski definition) is 2. The summed E-state index contributed by atoms with van der Waals surface area (Å²) in [6.45, 7) is 5.11. The summed E-state index contributed by atoms with van der Waals surface area (Å²) in [7, 11) is 0. The third-order valence-corrected chi connectivity index (χ3v) is 2.94. The number of nitrogens with zero attached hydrogens (tertiary/aromatic N) is 3. The van der Waals surface area contributed by atoms with Crippen LogP contribution in [0.25, 0.3) is 0 Å². The van der Waals surface area contributed by atoms with E-state index in [4.69, 9.17) is 5.84 Å². The molecule has 0 unspecified atom stereocenters. The van der Waals surface area contributed by atoms with E-state index < -0.39 is 0 Å². The van der Waals surface area contributed by atoms with Gasteiger partial charge in [-0.25, -0.2) is 20.2 Å². The fraction of sp³-hybridized carbons (Fsp3) is 0.286. The summed E-state index contributed by atoms with van der Waals surface area (Å²) in [4.78, 5) is 10.7. The smallest absolute Gasteiger partial charge is 0.150 e. The fourth-order valence-electron chi connectivity index (χ4n) is 2.00. The third-order valence-electron chi connectivity index (χ3n) is 2.94. The Labute approximate surface area is 117 Å². The van der Waals surface area contributed by atoms with Crippen LogP contribution >= 0.6 is 0 Å². The molecule has 2 aromatic rings. The van der Waals surface area contributed by atoms with Gasteiger partial charge in [0.1, 0.15) is 17.5 Å². The van der Waals surface area contributed by atoms with E-state index >= 15 is 0 Å². The van der Waals surface area contributed by atoms with Crippen LogP contribution in [0, 0.1) is 12.7 Å². The zero-order valence-electron chi connectivity index (χ0n) is 11.6. The lowest BCUT2D eigenvalue weighted by molar-refractivity contribution is 0.626. The number of nitrogens with one attached hydrogen (secondary N) is 1. The fourth-order valence-corrected chi connectivity index (χ4v) is 2.00. The Morgan fingerprint density at radius 3 is 2.75 bits per heavy atom. The molecule has 1 aromatic heterocycles. The number of hydrazine groups is 1. The van der Waals surface area contributed by atoms with E-state index in [-0.39, 0.29) is 5.82 Å². The second-order valence-electron chi connectivity index (χ2n) is 4.45. The molecule has 0 aliphatic carbocycles. The molecule has 0 aliphatic heterocycles. The number of aryl methyl sites for hydroxylation is 1. The van der Waals surface area contributed by atoms with Crippen molar-refractivity contribution in [2.24, 2.45) is 5.84 Å². The van der Waals surface area contributed by atoms with Crippen LogP contribution in [0.5, 0.6) is 0 Å². The van der Waals surface area contributed by atoms with Gasteiger partial charge in [-0.15, -0.1) is 0 Å². The molecular formula is C14H18FN5. The average Bonchev–Trinajstić information content (AvgIpc) is 2.44. The van der Waals surface area contributed by atoms with E-state index in [1.807, 2.05) is 24.8 Å². The highest BCUT2D eigenvalue weighted by atomic mass is 19.1. The highest BCUT2D eigenvalue weighted by molar-refractivity contribution is 5.46. The van der Waals surface area contributed by atoms with Crippen molar-refractivity contribution in [2.75, 3.05) is 16.9 Å². The van der Waals surface area contributed by atoms with E-state index in [1.165, 1.54) is 12.1 Å². The first kappa shape index (κ1) is 14.2. The molecule has 0 fully saturated rings. The second-order valence-corrected chi connectivity index (χ2v) is 4.45. The summed E-state index contributed by atoms with van der Waals surface area (Å²) >= 11 is 0. The van der Waals surface area contributed by atoms with Crippen LogP contribution < -0.4 is 16.2 Å². The Kier molecular flexibility index (Phi) is 4.47. The van der Waals surface area contributed by atoms with Gasteiger partial charge < -0.3 is 10.3 Å². The van der Waals surface area contributed by atoms with Crippen molar-refractivity contribution < 1.29 is 4.39 Å². The predicted octanol–water partition coefficient (Wildman–Crippen LogP) is 2.24. The Bertz CT molecular complexity index is 588. The highest BCUT2D eigenvalue weighted by Gasteiger charge is 2.09. The molecule has 0 atom stereocenters. The molecule has 0 saturated heterocycles. The lowest BCUT2D eigenvalue weighted by atomic mass is 10.2. The zero-order chi connectivity index (χ0) is 14.5. The van der Waals surface area contributed by atoms with Gasteiger partial charge in [-0.3, -0.25) is 0 Å². The van der Waals surface area contributed by atoms with Crippen molar-refractivity contribution in [3.8, 4) is 0 Å². The molecule has 0 bridgehead atoms. The zero-order valence-corrected chi connectivity index (χ0v) is 11.6. The highest BCUT2D eigenvalue weighted by Crippen LogP contribution is 2.17. The molecule has 1 heterocycles. The maximum absolute atomic E-state index is 13.3. The number of nitrogens with two attached hydrogens (primary N) is 1. The first-order chi connectivity index (χ1) is 9.62. The van der Waals surface area contributed by atoms with Crippen LogP contribution in [0.4, 0.5) is 15.9 Å². The minimum atomic E-state index is -0.254. The van der Waals surface area contributed by atoms with Crippen LogP contribution in [0.15, 0.2) is 30.3 Å². The van der Waals surface area contributed by atoms with Crippen LogP contribution in [-0.2, 0) is 6.54 Å². The molecular weight excluding hydrogens is 257 g/mol. The number of rotatable bonds is 5. The van der Waals surface area contributed by atoms with Gasteiger partial charge >= 0.3 is 0 Å². The lowest BCUT2D eigenvalue weighted by Gasteiger charge is -2.22. The van der Waals surface area contributed by atoms with Crippen LogP contribution in [0.2, 0.25) is 0 Å². The van der Waals surface area contributed by atoms with E-state index in [0.29, 0.717) is 18.2 Å². The summed E-state index contributed by atoms with van der Waals surface area (Å²) in [5, 5.41) is 0. The van der Waals surface area contributed by atoms with Crippen LogP contribution in [0.1, 0.15) is 18.4 Å². The van der Waals surface area contributed by atoms with Gasteiger partial charge in [0.25, 0.3) is 0 Å². The molecule has 20 heavy (non-hydrogen) atoms. The van der Waals surface area contributed by atoms with Crippen molar-refractivity contribution in [3.05, 3.63) is 47.7 Å². The Hall–Kier alpha value is -2.21. The standard InChI is InChI=1S/C14H18FN5/c1-3-20(12-6-4-5-11(15)8-12)9-14-17-10(2)7-13(18-14)19-16/h4-8H,3,9,16H2,1-2H3,(H,17,18,19). The summed E-state index contributed by atoms with van der Waals surface area (Å²) in [6.07, 6.45) is 0. The molecule has 0 radical (unpaired) electrons. The molecule has 0 saturated carbocycles.